The highest BCUT2D eigenvalue weighted by atomic mass is 32.2. The third-order valence-electron chi connectivity index (χ3n) is 2.39. The summed E-state index contributed by atoms with van der Waals surface area (Å²) in [7, 11) is -3.92. The lowest BCUT2D eigenvalue weighted by Crippen LogP contribution is -2.14. The molecule has 0 saturated carbocycles. The minimum Gasteiger partial charge on any atom is -0.508 e. The summed E-state index contributed by atoms with van der Waals surface area (Å²) in [6.45, 7) is 0. The molecule has 2 rings (SSSR count). The molecule has 0 bridgehead atoms. The van der Waals surface area contributed by atoms with E-state index in [-0.39, 0.29) is 22.0 Å². The van der Waals surface area contributed by atoms with Crippen LogP contribution in [0.5, 0.6) is 5.75 Å². The van der Waals surface area contributed by atoms with Crippen molar-refractivity contribution >= 4 is 21.4 Å². The van der Waals surface area contributed by atoms with Crippen LogP contribution in [0.15, 0.2) is 47.4 Å². The highest BCUT2D eigenvalue weighted by molar-refractivity contribution is 7.92. The Balaban J connectivity index is 2.36. The Kier molecular flexibility index (Phi) is 3.30. The van der Waals surface area contributed by atoms with Gasteiger partial charge in [-0.25, -0.2) is 12.8 Å². The molecule has 0 radical (unpaired) electrons. The number of anilines is 2. The van der Waals surface area contributed by atoms with Crippen molar-refractivity contribution in [3.05, 3.63) is 48.3 Å². The molecule has 0 aliphatic rings. The van der Waals surface area contributed by atoms with Gasteiger partial charge in [0.05, 0.1) is 16.3 Å². The second-order valence-electron chi connectivity index (χ2n) is 3.83. The monoisotopic (exact) mass is 282 g/mol. The van der Waals surface area contributed by atoms with Crippen molar-refractivity contribution in [3.8, 4) is 5.75 Å². The normalized spacial score (nSPS) is 11.2. The molecule has 0 amide bonds. The first-order valence-corrected chi connectivity index (χ1v) is 6.74. The summed E-state index contributed by atoms with van der Waals surface area (Å²) in [4.78, 5) is -0.208. The van der Waals surface area contributed by atoms with Crippen LogP contribution in [0.25, 0.3) is 0 Å². The van der Waals surface area contributed by atoms with Gasteiger partial charge in [0.2, 0.25) is 0 Å². The van der Waals surface area contributed by atoms with Crippen molar-refractivity contribution in [2.75, 3.05) is 10.5 Å². The summed E-state index contributed by atoms with van der Waals surface area (Å²) in [5.74, 6) is -0.729. The first-order valence-electron chi connectivity index (χ1n) is 5.25. The predicted octanol–water partition coefficient (Wildman–Crippen LogP) is 1.91. The Morgan fingerprint density at radius 3 is 2.53 bits per heavy atom. The number of phenols is 1. The molecule has 0 aromatic heterocycles. The Labute approximate surface area is 109 Å². The molecule has 0 unspecified atom stereocenters. The topological polar surface area (TPSA) is 92.4 Å². The van der Waals surface area contributed by atoms with E-state index in [4.69, 9.17) is 5.73 Å². The number of hydrogen-bond donors (Lipinski definition) is 3. The van der Waals surface area contributed by atoms with E-state index in [2.05, 4.69) is 4.72 Å². The Hall–Kier alpha value is -2.28. The average Bonchev–Trinajstić information content (AvgIpc) is 2.33. The van der Waals surface area contributed by atoms with E-state index in [0.717, 1.165) is 12.1 Å². The molecule has 5 nitrogen and oxygen atoms in total. The molecular formula is C12H11FN2O3S. The molecule has 19 heavy (non-hydrogen) atoms. The van der Waals surface area contributed by atoms with Crippen molar-refractivity contribution in [2.24, 2.45) is 0 Å². The van der Waals surface area contributed by atoms with Crippen LogP contribution in [0.3, 0.4) is 0 Å². The van der Waals surface area contributed by atoms with Gasteiger partial charge in [-0.05, 0) is 30.3 Å². The molecule has 7 heteroatoms. The van der Waals surface area contributed by atoms with Gasteiger partial charge in [0.25, 0.3) is 10.0 Å². The van der Waals surface area contributed by atoms with Crippen LogP contribution in [-0.2, 0) is 10.0 Å². The quantitative estimate of drug-likeness (QED) is 0.592. The maximum Gasteiger partial charge on any atom is 0.262 e. The van der Waals surface area contributed by atoms with Gasteiger partial charge >= 0.3 is 0 Å². The zero-order chi connectivity index (χ0) is 14.0. The van der Waals surface area contributed by atoms with Gasteiger partial charge in [-0.3, -0.25) is 4.72 Å². The molecule has 0 atom stereocenters. The number of nitrogen functional groups attached to an aromatic ring is 1. The van der Waals surface area contributed by atoms with E-state index in [0.29, 0.717) is 0 Å². The molecule has 4 N–H and O–H groups in total. The van der Waals surface area contributed by atoms with Crippen LogP contribution in [0, 0.1) is 5.82 Å². The molecule has 100 valence electrons. The fourth-order valence-electron chi connectivity index (χ4n) is 1.48. The summed E-state index contributed by atoms with van der Waals surface area (Å²) in [5.41, 5.74) is 5.76. The summed E-state index contributed by atoms with van der Waals surface area (Å²) in [5, 5.41) is 9.18. The number of rotatable bonds is 3. The number of hydrogen-bond acceptors (Lipinski definition) is 4. The van der Waals surface area contributed by atoms with Gasteiger partial charge in [0.15, 0.2) is 0 Å². The molecule has 0 aliphatic heterocycles. The molecule has 0 aliphatic carbocycles. The molecule has 0 saturated heterocycles. The standard InChI is InChI=1S/C12H11FN2O3S/c13-8-2-1-3-10(6-8)19(17,18)15-12-5-4-9(16)7-11(12)14/h1-7,15-16H,14H2. The van der Waals surface area contributed by atoms with E-state index in [1.165, 1.54) is 30.3 Å². The molecule has 2 aromatic rings. The lowest BCUT2D eigenvalue weighted by molar-refractivity contribution is 0.475. The number of sulfonamides is 1. The van der Waals surface area contributed by atoms with Crippen LogP contribution in [0.4, 0.5) is 15.8 Å². The molecule has 0 spiro atoms. The van der Waals surface area contributed by atoms with Gasteiger partial charge < -0.3 is 10.8 Å². The summed E-state index contributed by atoms with van der Waals surface area (Å²) in [6, 6.07) is 8.43. The van der Waals surface area contributed by atoms with Gasteiger partial charge in [0.1, 0.15) is 11.6 Å². The van der Waals surface area contributed by atoms with E-state index < -0.39 is 15.8 Å². The average molecular weight is 282 g/mol. The highest BCUT2D eigenvalue weighted by Gasteiger charge is 2.16. The molecule has 2 aromatic carbocycles. The van der Waals surface area contributed by atoms with Crippen LogP contribution in [0.2, 0.25) is 0 Å². The number of benzene rings is 2. The van der Waals surface area contributed by atoms with Gasteiger partial charge in [-0.1, -0.05) is 6.07 Å². The zero-order valence-electron chi connectivity index (χ0n) is 9.67. The maximum atomic E-state index is 13.0. The fraction of sp³-hybridized carbons (Fsp3) is 0. The van der Waals surface area contributed by atoms with Gasteiger partial charge in [-0.2, -0.15) is 0 Å². The first kappa shape index (κ1) is 13.2. The Bertz CT molecular complexity index is 717. The third-order valence-corrected chi connectivity index (χ3v) is 3.75. The summed E-state index contributed by atoms with van der Waals surface area (Å²) >= 11 is 0. The Morgan fingerprint density at radius 1 is 1.16 bits per heavy atom. The lowest BCUT2D eigenvalue weighted by atomic mass is 10.2. The molecule has 0 heterocycles. The van der Waals surface area contributed by atoms with Crippen LogP contribution >= 0.6 is 0 Å². The maximum absolute atomic E-state index is 13.0. The SMILES string of the molecule is Nc1cc(O)ccc1NS(=O)(=O)c1cccc(F)c1. The van der Waals surface area contributed by atoms with E-state index in [1.54, 1.807) is 0 Å². The van der Waals surface area contributed by atoms with Crippen molar-refractivity contribution in [2.45, 2.75) is 4.90 Å². The predicted molar refractivity (Wildman–Crippen MR) is 69.7 cm³/mol. The Morgan fingerprint density at radius 2 is 1.89 bits per heavy atom. The van der Waals surface area contributed by atoms with E-state index in [9.17, 15) is 17.9 Å². The third kappa shape index (κ3) is 2.94. The second-order valence-corrected chi connectivity index (χ2v) is 5.52. The summed E-state index contributed by atoms with van der Waals surface area (Å²) < 4.78 is 39.2. The second kappa shape index (κ2) is 4.77. The van der Waals surface area contributed by atoms with Crippen LogP contribution < -0.4 is 10.5 Å². The number of nitrogens with one attached hydrogen (secondary N) is 1. The number of halogens is 1. The minimum atomic E-state index is -3.92. The van der Waals surface area contributed by atoms with Crippen molar-refractivity contribution < 1.29 is 17.9 Å². The largest absolute Gasteiger partial charge is 0.508 e. The van der Waals surface area contributed by atoms with Gasteiger partial charge in [0, 0.05) is 6.07 Å². The first-order chi connectivity index (χ1) is 8.88. The minimum absolute atomic E-state index is 0.0694. The van der Waals surface area contributed by atoms with Crippen molar-refractivity contribution in [1.82, 2.24) is 0 Å². The lowest BCUT2D eigenvalue weighted by Gasteiger charge is -2.10. The van der Waals surface area contributed by atoms with E-state index >= 15 is 0 Å². The molecule has 0 fully saturated rings. The van der Waals surface area contributed by atoms with Crippen LogP contribution in [0.1, 0.15) is 0 Å². The summed E-state index contributed by atoms with van der Waals surface area (Å²) in [6.07, 6.45) is 0. The van der Waals surface area contributed by atoms with E-state index in [1.807, 2.05) is 0 Å². The van der Waals surface area contributed by atoms with Crippen molar-refractivity contribution in [3.63, 3.8) is 0 Å². The van der Waals surface area contributed by atoms with Crippen molar-refractivity contribution in [1.29, 1.82) is 0 Å². The van der Waals surface area contributed by atoms with Crippen LogP contribution in [-0.4, -0.2) is 13.5 Å². The number of aromatic hydroxyl groups is 1. The smallest absolute Gasteiger partial charge is 0.262 e. The highest BCUT2D eigenvalue weighted by Crippen LogP contribution is 2.25. The fourth-order valence-corrected chi connectivity index (χ4v) is 2.60. The number of nitrogens with two attached hydrogens (primary N) is 1. The number of phenolic OH excluding ortho intramolecular Hbond substituents is 1. The zero-order valence-corrected chi connectivity index (χ0v) is 10.5. The van der Waals surface area contributed by atoms with Gasteiger partial charge in [-0.15, -0.1) is 0 Å². The molecular weight excluding hydrogens is 271 g/mol.